The standard InChI is InChI=1S/2C5H5.C2H5.Ti.H/c2*1-2-4-5-3-1;1-2;;/h2*1-3H,4H2;1H2,2H3;;/q;;;+1;-1. The molecule has 0 unspecified atom stereocenters. The van der Waals surface area contributed by atoms with Crippen LogP contribution in [0.5, 0.6) is 0 Å². The van der Waals surface area contributed by atoms with Crippen molar-refractivity contribution >= 4 is 0 Å². The second kappa shape index (κ2) is 4.26. The van der Waals surface area contributed by atoms with Crippen molar-refractivity contribution in [3.05, 3.63) is 44.2 Å². The molecule has 2 aliphatic carbocycles. The van der Waals surface area contributed by atoms with Crippen LogP contribution in [0.3, 0.4) is 0 Å². The fourth-order valence-electron chi connectivity index (χ4n) is 2.00. The first kappa shape index (κ1) is 9.24. The van der Waals surface area contributed by atoms with Crippen molar-refractivity contribution in [2.75, 3.05) is 0 Å². The van der Waals surface area contributed by atoms with Crippen LogP contribution in [-0.2, 0) is 17.9 Å². The first-order valence-electron chi connectivity index (χ1n) is 4.99. The van der Waals surface area contributed by atoms with Crippen LogP contribution < -0.4 is 0 Å². The van der Waals surface area contributed by atoms with Crippen molar-refractivity contribution in [3.8, 4) is 0 Å². The van der Waals surface area contributed by atoms with Crippen molar-refractivity contribution in [1.29, 1.82) is 0 Å². The van der Waals surface area contributed by atoms with Gasteiger partial charge in [-0.1, -0.05) is 0 Å². The second-order valence-corrected chi connectivity index (χ2v) is 8.08. The molecule has 0 heterocycles. The van der Waals surface area contributed by atoms with E-state index in [9.17, 15) is 0 Å². The molecule has 0 aliphatic heterocycles. The van der Waals surface area contributed by atoms with Gasteiger partial charge in [0.15, 0.2) is 0 Å². The molecule has 0 radical (unpaired) electrons. The molecule has 0 aromatic heterocycles. The Morgan fingerprint density at radius 3 is 2.00 bits per heavy atom. The number of hydrogen-bond donors (Lipinski definition) is 0. The van der Waals surface area contributed by atoms with E-state index in [-0.39, 0.29) is 1.43 Å². The number of allylic oxidation sites excluding steroid dienone is 8. The molecule has 0 bridgehead atoms. The van der Waals surface area contributed by atoms with Gasteiger partial charge in [0.25, 0.3) is 0 Å². The molecule has 2 aliphatic rings. The van der Waals surface area contributed by atoms with Crippen molar-refractivity contribution < 1.29 is 19.3 Å². The van der Waals surface area contributed by atoms with E-state index in [0.29, 0.717) is 0 Å². The second-order valence-electron chi connectivity index (χ2n) is 3.48. The molecule has 0 saturated heterocycles. The smallest absolute Gasteiger partial charge is 1.00 e. The van der Waals surface area contributed by atoms with Gasteiger partial charge in [-0.15, -0.1) is 0 Å². The van der Waals surface area contributed by atoms with Gasteiger partial charge in [-0.05, 0) is 0 Å². The maximum atomic E-state index is 2.36. The predicted molar refractivity (Wildman–Crippen MR) is 55.3 cm³/mol. The fraction of sp³-hybridized carbons (Fsp3) is 0.333. The molecule has 1 heteroatoms. The van der Waals surface area contributed by atoms with Gasteiger partial charge in [0.1, 0.15) is 0 Å². The van der Waals surface area contributed by atoms with Gasteiger partial charge in [-0.3, -0.25) is 0 Å². The van der Waals surface area contributed by atoms with E-state index in [1.807, 2.05) is 0 Å². The van der Waals surface area contributed by atoms with E-state index in [1.54, 1.807) is 7.76 Å². The van der Waals surface area contributed by atoms with E-state index in [4.69, 9.17) is 0 Å². The SMILES string of the molecule is C[CH2][Ti+]([C]1=CC=CC1)[C]1=CC=CC1.[H-]. The Balaban J connectivity index is 0.000000980. The first-order chi connectivity index (χ1) is 6.42. The first-order valence-corrected chi connectivity index (χ1v) is 7.66. The monoisotopic (exact) mass is 208 g/mol. The fourth-order valence-corrected chi connectivity index (χ4v) is 6.13. The van der Waals surface area contributed by atoms with E-state index >= 15 is 0 Å². The minimum atomic E-state index is -1.00. The van der Waals surface area contributed by atoms with Gasteiger partial charge < -0.3 is 1.43 Å². The average molecular weight is 208 g/mol. The van der Waals surface area contributed by atoms with Crippen molar-refractivity contribution in [2.45, 2.75) is 24.5 Å². The van der Waals surface area contributed by atoms with Crippen LogP contribution in [0.15, 0.2) is 44.2 Å². The van der Waals surface area contributed by atoms with Gasteiger partial charge in [-0.25, -0.2) is 0 Å². The molecule has 0 aromatic carbocycles. The molecule has 13 heavy (non-hydrogen) atoms. The Labute approximate surface area is 88.0 Å². The number of hydrogen-bond acceptors (Lipinski definition) is 0. The van der Waals surface area contributed by atoms with Crippen molar-refractivity contribution in [2.24, 2.45) is 0 Å². The minimum absolute atomic E-state index is 0. The summed E-state index contributed by atoms with van der Waals surface area (Å²) in [5.74, 6) is 0. The van der Waals surface area contributed by atoms with Gasteiger partial charge in [0.05, 0.1) is 0 Å². The molecule has 0 saturated carbocycles. The van der Waals surface area contributed by atoms with E-state index < -0.39 is 17.9 Å². The molecule has 0 aromatic rings. The van der Waals surface area contributed by atoms with Crippen LogP contribution in [0.2, 0.25) is 4.73 Å². The van der Waals surface area contributed by atoms with Crippen LogP contribution in [0.4, 0.5) is 0 Å². The van der Waals surface area contributed by atoms with Crippen molar-refractivity contribution in [3.63, 3.8) is 0 Å². The largest absolute Gasteiger partial charge is 1.00 e. The minimum Gasteiger partial charge on any atom is -1.00 e. The van der Waals surface area contributed by atoms with E-state index in [1.165, 1.54) is 17.6 Å². The third-order valence-electron chi connectivity index (χ3n) is 2.67. The summed E-state index contributed by atoms with van der Waals surface area (Å²) in [5, 5.41) is 0. The Kier molecular flexibility index (Phi) is 3.03. The normalized spacial score (nSPS) is 19.2. The molecule has 0 amide bonds. The quantitative estimate of drug-likeness (QED) is 0.618. The van der Waals surface area contributed by atoms with Gasteiger partial charge >= 0.3 is 86.6 Å². The predicted octanol–water partition coefficient (Wildman–Crippen LogP) is 3.84. The van der Waals surface area contributed by atoms with Gasteiger partial charge in [-0.2, -0.15) is 0 Å². The maximum absolute atomic E-state index is 2.36. The van der Waals surface area contributed by atoms with Crippen LogP contribution in [-0.4, -0.2) is 0 Å². The topological polar surface area (TPSA) is 0 Å². The summed E-state index contributed by atoms with van der Waals surface area (Å²) in [6.45, 7) is 2.35. The number of rotatable bonds is 3. The zero-order valence-electron chi connectivity index (χ0n) is 9.09. The van der Waals surface area contributed by atoms with E-state index in [0.717, 1.165) is 0 Å². The van der Waals surface area contributed by atoms with Gasteiger partial charge in [0.2, 0.25) is 0 Å². The summed E-state index contributed by atoms with van der Waals surface area (Å²) in [4.78, 5) is 0. The molecule has 0 nitrogen and oxygen atoms in total. The summed E-state index contributed by atoms with van der Waals surface area (Å²) < 4.78 is 4.93. The molecule has 68 valence electrons. The van der Waals surface area contributed by atoms with Crippen molar-refractivity contribution in [1.82, 2.24) is 0 Å². The van der Waals surface area contributed by atoms with Crippen LogP contribution in [0.1, 0.15) is 21.2 Å². The zero-order valence-corrected chi connectivity index (χ0v) is 9.65. The third-order valence-corrected chi connectivity index (χ3v) is 7.35. The molecule has 0 atom stereocenters. The molecule has 0 N–H and O–H groups in total. The maximum Gasteiger partial charge on any atom is -1.00 e. The molecule has 0 spiro atoms. The third kappa shape index (κ3) is 1.95. The van der Waals surface area contributed by atoms with Crippen LogP contribution in [0, 0.1) is 0 Å². The molecule has 0 fully saturated rings. The summed E-state index contributed by atoms with van der Waals surface area (Å²) in [5.41, 5.74) is 0. The van der Waals surface area contributed by atoms with Gasteiger partial charge in [0, 0.05) is 0 Å². The van der Waals surface area contributed by atoms with E-state index in [2.05, 4.69) is 43.4 Å². The Morgan fingerprint density at radius 1 is 1.15 bits per heavy atom. The summed E-state index contributed by atoms with van der Waals surface area (Å²) in [6.07, 6.45) is 16.2. The summed E-state index contributed by atoms with van der Waals surface area (Å²) >= 11 is -1.00. The Hall–Kier alpha value is -0.326. The van der Waals surface area contributed by atoms with Crippen LogP contribution >= 0.6 is 0 Å². The Morgan fingerprint density at radius 2 is 1.69 bits per heavy atom. The summed E-state index contributed by atoms with van der Waals surface area (Å²) in [7, 11) is 0. The van der Waals surface area contributed by atoms with Crippen LogP contribution in [0.25, 0.3) is 0 Å². The zero-order chi connectivity index (χ0) is 9.10. The molecular formula is C12H16Ti. The summed E-state index contributed by atoms with van der Waals surface area (Å²) in [6, 6.07) is 0. The Bertz CT molecular complexity index is 280. The average Bonchev–Trinajstić information content (AvgIpc) is 2.76. The molecular weight excluding hydrogens is 192 g/mol. The molecule has 2 rings (SSSR count).